The van der Waals surface area contributed by atoms with Gasteiger partial charge in [0.2, 0.25) is 0 Å². The highest BCUT2D eigenvalue weighted by atomic mass is 32.2. The number of anilines is 1. The van der Waals surface area contributed by atoms with E-state index in [4.69, 9.17) is 0 Å². The summed E-state index contributed by atoms with van der Waals surface area (Å²) in [5.74, 6) is 1.46. The zero-order valence-electron chi connectivity index (χ0n) is 16.1. The summed E-state index contributed by atoms with van der Waals surface area (Å²) in [5.41, 5.74) is 2.06. The molecule has 2 atom stereocenters. The Bertz CT molecular complexity index is 968. The monoisotopic (exact) mass is 396 g/mol. The minimum absolute atomic E-state index is 0.152. The molecule has 2 N–H and O–H groups in total. The Morgan fingerprint density at radius 3 is 2.89 bits per heavy atom. The first-order chi connectivity index (χ1) is 13.5. The number of H-pyrrole nitrogens is 1. The summed E-state index contributed by atoms with van der Waals surface area (Å²) in [6, 6.07) is 3.77. The topological polar surface area (TPSA) is 87.7 Å². The Balaban J connectivity index is 1.78. The highest BCUT2D eigenvalue weighted by Gasteiger charge is 2.42. The number of aromatic amines is 1. The number of hydrogen-bond donors (Lipinski definition) is 2. The zero-order chi connectivity index (χ0) is 19.7. The number of aromatic nitrogens is 3. The minimum Gasteiger partial charge on any atom is -0.343 e. The molecule has 2 aliphatic rings. The van der Waals surface area contributed by atoms with Gasteiger partial charge in [0.05, 0.1) is 11.5 Å². The Kier molecular flexibility index (Phi) is 5.35. The molecule has 7 heteroatoms. The maximum Gasteiger partial charge on any atom is 0.257 e. The summed E-state index contributed by atoms with van der Waals surface area (Å²) in [6.07, 6.45) is 7.76. The summed E-state index contributed by atoms with van der Waals surface area (Å²) >= 11 is 1.56. The molecule has 146 valence electrons. The van der Waals surface area contributed by atoms with Crippen LogP contribution in [0.15, 0.2) is 46.3 Å². The first-order valence-corrected chi connectivity index (χ1v) is 10.7. The van der Waals surface area contributed by atoms with Gasteiger partial charge in [-0.05, 0) is 30.4 Å². The molecule has 0 saturated carbocycles. The van der Waals surface area contributed by atoms with Crippen molar-refractivity contribution < 1.29 is 4.79 Å². The van der Waals surface area contributed by atoms with Crippen molar-refractivity contribution in [3.05, 3.63) is 57.8 Å². The molecule has 1 aliphatic carbocycles. The fourth-order valence-corrected chi connectivity index (χ4v) is 4.95. The average Bonchev–Trinajstić information content (AvgIpc) is 2.67. The number of nitrogens with one attached hydrogen (secondary N) is 2. The number of ketones is 1. The molecule has 2 aromatic rings. The Morgan fingerprint density at radius 2 is 2.14 bits per heavy atom. The van der Waals surface area contributed by atoms with Crippen LogP contribution in [-0.2, 0) is 4.79 Å². The van der Waals surface area contributed by atoms with E-state index in [0.717, 1.165) is 23.4 Å². The Hall–Kier alpha value is -2.41. The molecule has 0 bridgehead atoms. The predicted octanol–water partition coefficient (Wildman–Crippen LogP) is 3.72. The van der Waals surface area contributed by atoms with Crippen molar-refractivity contribution in [2.45, 2.75) is 44.2 Å². The molecular formula is C21H24N4O2S. The molecule has 0 aromatic carbocycles. The van der Waals surface area contributed by atoms with E-state index in [2.05, 4.69) is 40.2 Å². The number of thioether (sulfide) groups is 1. The number of nitrogens with zero attached hydrogens (tertiary/aromatic N) is 2. The molecule has 2 aromatic heterocycles. The maximum absolute atomic E-state index is 13.0. The predicted molar refractivity (Wildman–Crippen MR) is 111 cm³/mol. The lowest BCUT2D eigenvalue weighted by Crippen LogP contribution is -2.38. The van der Waals surface area contributed by atoms with Crippen molar-refractivity contribution in [1.29, 1.82) is 0 Å². The molecule has 0 unspecified atom stereocenters. The molecule has 4 rings (SSSR count). The van der Waals surface area contributed by atoms with E-state index in [9.17, 15) is 9.59 Å². The number of allylic oxidation sites excluding steroid dienone is 2. The third kappa shape index (κ3) is 3.63. The summed E-state index contributed by atoms with van der Waals surface area (Å²) in [4.78, 5) is 37.6. The molecule has 6 nitrogen and oxygen atoms in total. The molecule has 0 spiro atoms. The highest BCUT2D eigenvalue weighted by Crippen LogP contribution is 2.44. The van der Waals surface area contributed by atoms with Crippen LogP contribution in [0.5, 0.6) is 0 Å². The number of fused-ring (bicyclic) bond motifs is 2. The third-order valence-electron chi connectivity index (χ3n) is 5.26. The first kappa shape index (κ1) is 18.9. The van der Waals surface area contributed by atoms with Gasteiger partial charge in [0.1, 0.15) is 11.6 Å². The smallest absolute Gasteiger partial charge is 0.257 e. The fourth-order valence-electron chi connectivity index (χ4n) is 3.85. The van der Waals surface area contributed by atoms with Crippen molar-refractivity contribution in [1.82, 2.24) is 15.0 Å². The van der Waals surface area contributed by atoms with E-state index in [1.807, 2.05) is 12.1 Å². The second-order valence-corrected chi connectivity index (χ2v) is 8.78. The SMILES string of the molecule is CC(C)CCSc1nc2c(c(=O)[nH]1)[C@@H](c1cccnc1)[C@@H]1C(=O)CCC=C1N2. The van der Waals surface area contributed by atoms with Gasteiger partial charge < -0.3 is 10.3 Å². The summed E-state index contributed by atoms with van der Waals surface area (Å²) in [5, 5.41) is 3.90. The van der Waals surface area contributed by atoms with Gasteiger partial charge in [-0.3, -0.25) is 14.6 Å². The van der Waals surface area contributed by atoms with Gasteiger partial charge in [0, 0.05) is 36.2 Å². The molecule has 0 fully saturated rings. The molecule has 28 heavy (non-hydrogen) atoms. The van der Waals surface area contributed by atoms with Gasteiger partial charge in [0.15, 0.2) is 5.16 Å². The number of carbonyl (C=O) groups is 1. The van der Waals surface area contributed by atoms with Gasteiger partial charge in [-0.25, -0.2) is 4.98 Å². The zero-order valence-corrected chi connectivity index (χ0v) is 16.9. The number of rotatable bonds is 5. The summed E-state index contributed by atoms with van der Waals surface area (Å²) in [6.45, 7) is 4.35. The average molecular weight is 397 g/mol. The van der Waals surface area contributed by atoms with Crippen LogP contribution >= 0.6 is 11.8 Å². The number of Topliss-reactive ketones (excluding diaryl/α,β-unsaturated/α-hetero) is 1. The van der Waals surface area contributed by atoms with Crippen molar-refractivity contribution in [2.24, 2.45) is 11.8 Å². The van der Waals surface area contributed by atoms with Gasteiger partial charge in [-0.15, -0.1) is 0 Å². The van der Waals surface area contributed by atoms with Gasteiger partial charge in [0.25, 0.3) is 5.56 Å². The standard InChI is InChI=1S/C21H24N4O2S/c1-12(2)8-10-28-21-24-19-18(20(27)25-21)16(13-5-4-9-22-11-13)17-14(23-19)6-3-7-15(17)26/h4-6,9,11-12,16-17H,3,7-8,10H2,1-2H3,(H2,23,24,25,27)/t16-,17-/m0/s1. The lowest BCUT2D eigenvalue weighted by Gasteiger charge is -2.36. The van der Waals surface area contributed by atoms with Gasteiger partial charge in [-0.1, -0.05) is 37.8 Å². The van der Waals surface area contributed by atoms with Crippen molar-refractivity contribution in [3.63, 3.8) is 0 Å². The number of carbonyl (C=O) groups excluding carboxylic acids is 1. The number of pyridine rings is 1. The van der Waals surface area contributed by atoms with E-state index in [0.29, 0.717) is 35.3 Å². The largest absolute Gasteiger partial charge is 0.343 e. The highest BCUT2D eigenvalue weighted by molar-refractivity contribution is 7.99. The van der Waals surface area contributed by atoms with E-state index in [-0.39, 0.29) is 23.2 Å². The third-order valence-corrected chi connectivity index (χ3v) is 6.16. The van der Waals surface area contributed by atoms with Gasteiger partial charge >= 0.3 is 0 Å². The maximum atomic E-state index is 13.0. The van der Waals surface area contributed by atoms with E-state index < -0.39 is 0 Å². The van der Waals surface area contributed by atoms with Crippen molar-refractivity contribution >= 4 is 23.4 Å². The van der Waals surface area contributed by atoms with Crippen LogP contribution in [0.1, 0.15) is 50.2 Å². The second kappa shape index (κ2) is 7.91. The second-order valence-electron chi connectivity index (χ2n) is 7.70. The quantitative estimate of drug-likeness (QED) is 0.592. The van der Waals surface area contributed by atoms with E-state index >= 15 is 0 Å². The van der Waals surface area contributed by atoms with E-state index in [1.165, 1.54) is 0 Å². The van der Waals surface area contributed by atoms with Gasteiger partial charge in [-0.2, -0.15) is 0 Å². The van der Waals surface area contributed by atoms with Crippen LogP contribution in [0.25, 0.3) is 0 Å². The minimum atomic E-state index is -0.382. The molecule has 1 aliphatic heterocycles. The normalized spacial score (nSPS) is 21.0. The molecular weight excluding hydrogens is 372 g/mol. The Morgan fingerprint density at radius 1 is 1.29 bits per heavy atom. The fraction of sp³-hybridized carbons (Fsp3) is 0.429. The molecule has 0 radical (unpaired) electrons. The first-order valence-electron chi connectivity index (χ1n) is 9.71. The van der Waals surface area contributed by atoms with E-state index in [1.54, 1.807) is 24.2 Å². The molecule has 0 amide bonds. The lowest BCUT2D eigenvalue weighted by atomic mass is 9.72. The molecule has 3 heterocycles. The number of hydrogen-bond acceptors (Lipinski definition) is 6. The van der Waals surface area contributed by atoms with Crippen LogP contribution in [-0.4, -0.2) is 26.5 Å². The molecule has 0 saturated heterocycles. The summed E-state index contributed by atoms with van der Waals surface area (Å²) in [7, 11) is 0. The van der Waals surface area contributed by atoms with Crippen molar-refractivity contribution in [2.75, 3.05) is 11.1 Å². The van der Waals surface area contributed by atoms with Crippen LogP contribution in [0.2, 0.25) is 0 Å². The van der Waals surface area contributed by atoms with Crippen molar-refractivity contribution in [3.8, 4) is 0 Å². The summed E-state index contributed by atoms with van der Waals surface area (Å²) < 4.78 is 0. The van der Waals surface area contributed by atoms with Crippen LogP contribution in [0.3, 0.4) is 0 Å². The van der Waals surface area contributed by atoms with Crippen LogP contribution in [0, 0.1) is 11.8 Å². The lowest BCUT2D eigenvalue weighted by molar-refractivity contribution is -0.122. The van der Waals surface area contributed by atoms with Crippen LogP contribution in [0.4, 0.5) is 5.82 Å². The Labute approximate surface area is 168 Å². The van der Waals surface area contributed by atoms with Crippen LogP contribution < -0.4 is 10.9 Å².